The predicted molar refractivity (Wildman–Crippen MR) is 135 cm³/mol. The van der Waals surface area contributed by atoms with Gasteiger partial charge in [-0.05, 0) is 48.5 Å². The van der Waals surface area contributed by atoms with Gasteiger partial charge in [0.2, 0.25) is 11.6 Å². The van der Waals surface area contributed by atoms with Gasteiger partial charge in [-0.3, -0.25) is 29.0 Å². The molecule has 6 heteroatoms. The smallest absolute Gasteiger partial charge is 0.263 e. The Hall–Kier alpha value is -5.10. The first-order valence-electron chi connectivity index (χ1n) is 11.4. The quantitative estimate of drug-likeness (QED) is 0.374. The van der Waals surface area contributed by atoms with Crippen LogP contribution in [0.25, 0.3) is 0 Å². The maximum Gasteiger partial charge on any atom is 0.263 e. The van der Waals surface area contributed by atoms with Gasteiger partial charge in [-0.25, -0.2) is 0 Å². The van der Waals surface area contributed by atoms with E-state index in [2.05, 4.69) is 0 Å². The summed E-state index contributed by atoms with van der Waals surface area (Å²) in [5, 5.41) is 0. The third kappa shape index (κ3) is 3.12. The molecule has 36 heavy (non-hydrogen) atoms. The lowest BCUT2D eigenvalue weighted by Crippen LogP contribution is -2.36. The van der Waals surface area contributed by atoms with Crippen molar-refractivity contribution in [2.45, 2.75) is 0 Å². The number of Topliss-reactive ketones (excluding diaryl/α,β-unsaturated/α-hetero) is 2. The lowest BCUT2D eigenvalue weighted by atomic mass is 10.1. The van der Waals surface area contributed by atoms with E-state index < -0.39 is 23.4 Å². The second-order valence-electron chi connectivity index (χ2n) is 8.40. The van der Waals surface area contributed by atoms with Gasteiger partial charge in [-0.1, -0.05) is 60.7 Å². The molecule has 0 aliphatic carbocycles. The average Bonchev–Trinajstić information content (AvgIpc) is 3.39. The zero-order chi connectivity index (χ0) is 24.8. The number of nitrogens with zero attached hydrogens (tertiary/aromatic N) is 2. The highest BCUT2D eigenvalue weighted by atomic mass is 16.2. The first-order chi connectivity index (χ1) is 17.6. The van der Waals surface area contributed by atoms with Gasteiger partial charge in [-0.2, -0.15) is 0 Å². The molecule has 0 unspecified atom stereocenters. The van der Waals surface area contributed by atoms with Gasteiger partial charge in [0.25, 0.3) is 11.8 Å². The minimum absolute atomic E-state index is 0.129. The number of hydrogen-bond acceptors (Lipinski definition) is 4. The fourth-order valence-corrected chi connectivity index (χ4v) is 4.69. The number of ketones is 2. The maximum absolute atomic E-state index is 13.8. The topological polar surface area (TPSA) is 74.8 Å². The SMILES string of the molecule is O=C1/C(=C2/C(=O)c3ccccc3N2C(=O)c2ccccc2)N(C(=O)c2ccccc2)c2ccccc21. The van der Waals surface area contributed by atoms with Crippen LogP contribution in [0, 0.1) is 0 Å². The van der Waals surface area contributed by atoms with Crippen molar-refractivity contribution in [1.29, 1.82) is 0 Å². The lowest BCUT2D eigenvalue weighted by Gasteiger charge is -2.24. The molecule has 6 nitrogen and oxygen atoms in total. The van der Waals surface area contributed by atoms with Crippen LogP contribution in [0.15, 0.2) is 121 Å². The predicted octanol–water partition coefficient (Wildman–Crippen LogP) is 5.28. The first kappa shape index (κ1) is 21.4. The van der Waals surface area contributed by atoms with Crippen molar-refractivity contribution in [3.05, 3.63) is 143 Å². The number of allylic oxidation sites excluding steroid dienone is 2. The Morgan fingerprint density at radius 3 is 1.17 bits per heavy atom. The van der Waals surface area contributed by atoms with Crippen LogP contribution in [0.1, 0.15) is 41.4 Å². The number of rotatable bonds is 2. The molecule has 0 fully saturated rings. The highest BCUT2D eigenvalue weighted by molar-refractivity contribution is 6.35. The molecule has 0 atom stereocenters. The molecule has 2 aliphatic heterocycles. The Balaban J connectivity index is 1.63. The van der Waals surface area contributed by atoms with E-state index in [1.165, 1.54) is 9.80 Å². The maximum atomic E-state index is 13.8. The molecule has 6 rings (SSSR count). The van der Waals surface area contributed by atoms with Gasteiger partial charge in [-0.15, -0.1) is 0 Å². The number of benzene rings is 4. The van der Waals surface area contributed by atoms with Crippen molar-refractivity contribution < 1.29 is 19.2 Å². The van der Waals surface area contributed by atoms with Gasteiger partial charge in [0, 0.05) is 22.3 Å². The minimum Gasteiger partial charge on any atom is -0.287 e. The summed E-state index contributed by atoms with van der Waals surface area (Å²) in [6, 6.07) is 30.5. The highest BCUT2D eigenvalue weighted by Crippen LogP contribution is 2.43. The van der Waals surface area contributed by atoms with Gasteiger partial charge >= 0.3 is 0 Å². The zero-order valence-electron chi connectivity index (χ0n) is 18.9. The van der Waals surface area contributed by atoms with E-state index in [1.54, 1.807) is 109 Å². The van der Waals surface area contributed by atoms with E-state index in [0.29, 0.717) is 33.6 Å². The van der Waals surface area contributed by atoms with Crippen molar-refractivity contribution in [3.8, 4) is 0 Å². The zero-order valence-corrected chi connectivity index (χ0v) is 18.9. The van der Waals surface area contributed by atoms with Crippen LogP contribution < -0.4 is 9.80 Å². The Morgan fingerprint density at radius 2 is 0.778 bits per heavy atom. The fourth-order valence-electron chi connectivity index (χ4n) is 4.69. The summed E-state index contributed by atoms with van der Waals surface area (Å²) >= 11 is 0. The summed E-state index contributed by atoms with van der Waals surface area (Å²) in [4.78, 5) is 57.6. The Kier molecular flexibility index (Phi) is 4.93. The first-order valence-corrected chi connectivity index (χ1v) is 11.4. The molecule has 0 saturated carbocycles. The van der Waals surface area contributed by atoms with E-state index >= 15 is 0 Å². The van der Waals surface area contributed by atoms with E-state index in [0.717, 1.165) is 0 Å². The molecule has 2 amide bonds. The molecule has 0 bridgehead atoms. The van der Waals surface area contributed by atoms with Crippen LogP contribution in [-0.2, 0) is 0 Å². The van der Waals surface area contributed by atoms with Crippen LogP contribution in [0.2, 0.25) is 0 Å². The molecule has 2 heterocycles. The number of amides is 2. The minimum atomic E-state index is -0.489. The van der Waals surface area contributed by atoms with Crippen molar-refractivity contribution in [3.63, 3.8) is 0 Å². The van der Waals surface area contributed by atoms with E-state index in [1.807, 2.05) is 0 Å². The lowest BCUT2D eigenvalue weighted by molar-refractivity contribution is 0.0953. The van der Waals surface area contributed by atoms with Crippen molar-refractivity contribution in [2.24, 2.45) is 0 Å². The van der Waals surface area contributed by atoms with Gasteiger partial charge in [0.1, 0.15) is 11.4 Å². The number of anilines is 2. The van der Waals surface area contributed by atoms with Crippen molar-refractivity contribution in [1.82, 2.24) is 0 Å². The normalized spacial score (nSPS) is 16.2. The molecule has 4 aromatic rings. The molecule has 172 valence electrons. The Morgan fingerprint density at radius 1 is 0.444 bits per heavy atom. The molecule has 0 aromatic heterocycles. The highest BCUT2D eigenvalue weighted by Gasteiger charge is 2.46. The van der Waals surface area contributed by atoms with Crippen LogP contribution in [0.3, 0.4) is 0 Å². The van der Waals surface area contributed by atoms with E-state index in [-0.39, 0.29) is 11.4 Å². The van der Waals surface area contributed by atoms with Crippen LogP contribution >= 0.6 is 0 Å². The summed E-state index contributed by atoms with van der Waals surface area (Å²) in [5.74, 6) is -1.91. The molecule has 2 aliphatic rings. The summed E-state index contributed by atoms with van der Waals surface area (Å²) in [6.45, 7) is 0. The number of para-hydroxylation sites is 2. The van der Waals surface area contributed by atoms with E-state index in [9.17, 15) is 19.2 Å². The molecule has 0 N–H and O–H groups in total. The standard InChI is InChI=1S/C30H18N2O4/c33-27-21-15-7-9-17-23(21)31(29(35)19-11-3-1-4-12-19)25(27)26-28(34)22-16-8-10-18-24(22)32(26)30(36)20-13-5-2-6-14-20/h1-18H/b26-25+. The molecular formula is C30H18N2O4. The Labute approximate surface area is 206 Å². The molecule has 0 spiro atoms. The third-order valence-electron chi connectivity index (χ3n) is 6.33. The van der Waals surface area contributed by atoms with Gasteiger partial charge in [0.15, 0.2) is 0 Å². The number of fused-ring (bicyclic) bond motifs is 2. The third-order valence-corrected chi connectivity index (χ3v) is 6.33. The number of hydrogen-bond donors (Lipinski definition) is 0. The second kappa shape index (κ2) is 8.29. The summed E-state index contributed by atoms with van der Waals surface area (Å²) in [5.41, 5.74) is 1.77. The average molecular weight is 470 g/mol. The molecule has 0 saturated heterocycles. The monoisotopic (exact) mass is 470 g/mol. The molecule has 0 radical (unpaired) electrons. The Bertz CT molecular complexity index is 1490. The van der Waals surface area contributed by atoms with Crippen molar-refractivity contribution >= 4 is 34.8 Å². The largest absolute Gasteiger partial charge is 0.287 e. The summed E-state index contributed by atoms with van der Waals surface area (Å²) in [7, 11) is 0. The second-order valence-corrected chi connectivity index (χ2v) is 8.40. The van der Waals surface area contributed by atoms with Crippen molar-refractivity contribution in [2.75, 3.05) is 9.80 Å². The summed E-state index contributed by atoms with van der Waals surface area (Å²) < 4.78 is 0. The van der Waals surface area contributed by atoms with Crippen LogP contribution in [0.4, 0.5) is 11.4 Å². The molecule has 4 aromatic carbocycles. The van der Waals surface area contributed by atoms with Gasteiger partial charge in [0.05, 0.1) is 11.4 Å². The van der Waals surface area contributed by atoms with Crippen LogP contribution in [-0.4, -0.2) is 23.4 Å². The number of carbonyl (C=O) groups is 4. The van der Waals surface area contributed by atoms with Gasteiger partial charge < -0.3 is 0 Å². The van der Waals surface area contributed by atoms with E-state index in [4.69, 9.17) is 0 Å². The summed E-state index contributed by atoms with van der Waals surface area (Å²) in [6.07, 6.45) is 0. The fraction of sp³-hybridized carbons (Fsp3) is 0. The molecular weight excluding hydrogens is 452 g/mol. The van der Waals surface area contributed by atoms with Crippen LogP contribution in [0.5, 0.6) is 0 Å². The number of carbonyl (C=O) groups excluding carboxylic acids is 4.